The average molecular weight is 467 g/mol. The molecule has 1 aliphatic rings. The largest absolute Gasteiger partial charge is 0.433 e. The molecule has 10 heteroatoms. The van der Waals surface area contributed by atoms with Gasteiger partial charge in [-0.2, -0.15) is 8.78 Å². The second kappa shape index (κ2) is 8.36. The molecule has 0 saturated heterocycles. The van der Waals surface area contributed by atoms with Crippen LogP contribution in [-0.4, -0.2) is 32.9 Å². The Balaban J connectivity index is 1.36. The number of nitrogens with zero attached hydrogens (tertiary/aromatic N) is 4. The number of rotatable bonds is 6. The van der Waals surface area contributed by atoms with Gasteiger partial charge >= 0.3 is 6.11 Å². The lowest BCUT2D eigenvalue weighted by Crippen LogP contribution is -2.21. The number of fused-ring (bicyclic) bond motifs is 2. The van der Waals surface area contributed by atoms with Crippen LogP contribution in [-0.2, 0) is 13.0 Å². The number of anilines is 2. The van der Waals surface area contributed by atoms with E-state index in [1.807, 2.05) is 16.7 Å². The highest BCUT2D eigenvalue weighted by Crippen LogP contribution is 2.31. The number of carbonyl (C=O) groups excluding carboxylic acids is 1. The van der Waals surface area contributed by atoms with Crippen molar-refractivity contribution < 1.29 is 22.7 Å². The van der Waals surface area contributed by atoms with E-state index in [0.29, 0.717) is 19.0 Å². The minimum absolute atomic E-state index is 0.0148. The number of amides is 1. The van der Waals surface area contributed by atoms with Crippen molar-refractivity contribution in [3.8, 4) is 5.75 Å². The van der Waals surface area contributed by atoms with Crippen LogP contribution in [0.15, 0.2) is 61.2 Å². The fraction of sp³-hybridized carbons (Fsp3) is 0.208. The Bertz CT molecular complexity index is 1380. The number of benzene rings is 2. The molecule has 2 aromatic heterocycles. The zero-order valence-electron chi connectivity index (χ0n) is 18.1. The van der Waals surface area contributed by atoms with Crippen molar-refractivity contribution in [3.63, 3.8) is 0 Å². The molecular weight excluding hydrogens is 447 g/mol. The van der Waals surface area contributed by atoms with Crippen LogP contribution in [0.1, 0.15) is 28.5 Å². The maximum Gasteiger partial charge on any atom is 0.394 e. The van der Waals surface area contributed by atoms with Crippen molar-refractivity contribution in [2.75, 3.05) is 16.8 Å². The summed E-state index contributed by atoms with van der Waals surface area (Å²) in [6, 6.07) is 8.38. The summed E-state index contributed by atoms with van der Waals surface area (Å²) in [4.78, 5) is 23.5. The number of nitrogens with one attached hydrogen (secondary N) is 1. The SMILES string of the molecule is CC(F)(F)Oc1cc(F)cc(NC(=O)c2ccc3c(c2)N(Cc2cnc4cnccn24)CC3)c1. The number of hydrogen-bond acceptors (Lipinski definition) is 5. The van der Waals surface area contributed by atoms with Gasteiger partial charge in [0.05, 0.1) is 24.6 Å². The second-order valence-corrected chi connectivity index (χ2v) is 8.11. The number of alkyl halides is 2. The summed E-state index contributed by atoms with van der Waals surface area (Å²) >= 11 is 0. The van der Waals surface area contributed by atoms with Gasteiger partial charge in [0, 0.05) is 54.9 Å². The van der Waals surface area contributed by atoms with Crippen LogP contribution >= 0.6 is 0 Å². The number of hydrogen-bond donors (Lipinski definition) is 1. The lowest BCUT2D eigenvalue weighted by atomic mass is 10.1. The van der Waals surface area contributed by atoms with Gasteiger partial charge in [-0.25, -0.2) is 9.37 Å². The number of halogens is 3. The van der Waals surface area contributed by atoms with Gasteiger partial charge in [0.1, 0.15) is 11.6 Å². The van der Waals surface area contributed by atoms with Gasteiger partial charge in [0.25, 0.3) is 5.91 Å². The predicted octanol–water partition coefficient (Wildman–Crippen LogP) is 4.67. The van der Waals surface area contributed by atoms with Crippen LogP contribution in [0.4, 0.5) is 24.5 Å². The summed E-state index contributed by atoms with van der Waals surface area (Å²) in [5, 5.41) is 2.56. The summed E-state index contributed by atoms with van der Waals surface area (Å²) in [5.41, 5.74) is 4.15. The van der Waals surface area contributed by atoms with Gasteiger partial charge in [-0.15, -0.1) is 0 Å². The van der Waals surface area contributed by atoms with Crippen molar-refractivity contribution in [2.45, 2.75) is 26.0 Å². The van der Waals surface area contributed by atoms with Gasteiger partial charge in [-0.3, -0.25) is 14.2 Å². The first-order valence-corrected chi connectivity index (χ1v) is 10.6. The Morgan fingerprint density at radius 3 is 2.88 bits per heavy atom. The number of ether oxygens (including phenoxy) is 1. The summed E-state index contributed by atoms with van der Waals surface area (Å²) in [6.45, 7) is 1.93. The van der Waals surface area contributed by atoms with Crippen LogP contribution in [0.3, 0.4) is 0 Å². The van der Waals surface area contributed by atoms with Crippen molar-refractivity contribution in [3.05, 3.63) is 83.8 Å². The van der Waals surface area contributed by atoms with Gasteiger partial charge in [0.2, 0.25) is 0 Å². The van der Waals surface area contributed by atoms with Crippen LogP contribution in [0.25, 0.3) is 5.65 Å². The molecule has 2 aromatic carbocycles. The Morgan fingerprint density at radius 1 is 1.21 bits per heavy atom. The molecule has 5 rings (SSSR count). The van der Waals surface area contributed by atoms with Crippen LogP contribution < -0.4 is 15.0 Å². The monoisotopic (exact) mass is 467 g/mol. The highest BCUT2D eigenvalue weighted by molar-refractivity contribution is 6.05. The van der Waals surface area contributed by atoms with Crippen molar-refractivity contribution in [1.29, 1.82) is 0 Å². The molecule has 1 N–H and O–H groups in total. The van der Waals surface area contributed by atoms with Crippen molar-refractivity contribution >= 4 is 22.9 Å². The normalized spacial score (nSPS) is 13.2. The molecule has 4 aromatic rings. The zero-order chi connectivity index (χ0) is 23.9. The minimum Gasteiger partial charge on any atom is -0.433 e. The highest BCUT2D eigenvalue weighted by Gasteiger charge is 2.25. The van der Waals surface area contributed by atoms with E-state index in [9.17, 15) is 18.0 Å². The van der Waals surface area contributed by atoms with Gasteiger partial charge < -0.3 is 15.0 Å². The first-order valence-electron chi connectivity index (χ1n) is 10.6. The number of aromatic nitrogens is 3. The molecule has 174 valence electrons. The fourth-order valence-corrected chi connectivity index (χ4v) is 4.06. The molecule has 0 spiro atoms. The molecule has 34 heavy (non-hydrogen) atoms. The molecule has 0 fully saturated rings. The number of carbonyl (C=O) groups is 1. The lowest BCUT2D eigenvalue weighted by molar-refractivity contribution is -0.159. The topological polar surface area (TPSA) is 71.8 Å². The molecule has 0 atom stereocenters. The van der Waals surface area contributed by atoms with Crippen LogP contribution in [0.5, 0.6) is 5.75 Å². The van der Waals surface area contributed by atoms with E-state index in [1.165, 1.54) is 0 Å². The summed E-state index contributed by atoms with van der Waals surface area (Å²) < 4.78 is 46.5. The van der Waals surface area contributed by atoms with Gasteiger partial charge in [-0.1, -0.05) is 6.07 Å². The summed E-state index contributed by atoms with van der Waals surface area (Å²) in [7, 11) is 0. The lowest BCUT2D eigenvalue weighted by Gasteiger charge is -2.20. The molecule has 0 aliphatic carbocycles. The van der Waals surface area contributed by atoms with E-state index in [4.69, 9.17) is 0 Å². The van der Waals surface area contributed by atoms with Crippen LogP contribution in [0, 0.1) is 5.82 Å². The molecule has 0 saturated carbocycles. The quantitative estimate of drug-likeness (QED) is 0.446. The molecular formula is C24H20F3N5O2. The third kappa shape index (κ3) is 4.52. The van der Waals surface area contributed by atoms with E-state index in [-0.39, 0.29) is 11.4 Å². The Kier molecular flexibility index (Phi) is 5.35. The Labute approximate surface area is 192 Å². The molecule has 0 bridgehead atoms. The third-order valence-electron chi connectivity index (χ3n) is 5.51. The molecule has 1 amide bonds. The first kappa shape index (κ1) is 21.7. The van der Waals surface area contributed by atoms with Gasteiger partial charge in [0.15, 0.2) is 5.65 Å². The Morgan fingerprint density at radius 2 is 2.06 bits per heavy atom. The Hall–Kier alpha value is -4.08. The predicted molar refractivity (Wildman–Crippen MR) is 120 cm³/mol. The van der Waals surface area contributed by atoms with Crippen molar-refractivity contribution in [1.82, 2.24) is 14.4 Å². The first-order chi connectivity index (χ1) is 16.2. The second-order valence-electron chi connectivity index (χ2n) is 8.11. The molecule has 0 unspecified atom stereocenters. The minimum atomic E-state index is -3.48. The van der Waals surface area contributed by atoms with E-state index in [0.717, 1.165) is 53.8 Å². The standard InChI is InChI=1S/C24H20F3N5O2/c1-24(26,27)34-20-10-17(25)9-18(11-20)30-23(33)16-3-2-15-4-6-31(21(15)8-16)14-19-12-29-22-13-28-5-7-32(19)22/h2-3,5,7-13H,4,6,14H2,1H3,(H,30,33). The maximum absolute atomic E-state index is 13.9. The van der Waals surface area contributed by atoms with Crippen LogP contribution in [0.2, 0.25) is 0 Å². The molecule has 1 aliphatic heterocycles. The summed E-state index contributed by atoms with van der Waals surface area (Å²) in [6.07, 6.45) is 4.40. The smallest absolute Gasteiger partial charge is 0.394 e. The van der Waals surface area contributed by atoms with Gasteiger partial charge in [-0.05, 0) is 30.2 Å². The average Bonchev–Trinajstić information content (AvgIpc) is 3.36. The van der Waals surface area contributed by atoms with E-state index < -0.39 is 17.8 Å². The molecule has 7 nitrogen and oxygen atoms in total. The van der Waals surface area contributed by atoms with E-state index in [2.05, 4.69) is 24.9 Å². The van der Waals surface area contributed by atoms with Crippen molar-refractivity contribution in [2.24, 2.45) is 0 Å². The zero-order valence-corrected chi connectivity index (χ0v) is 18.1. The highest BCUT2D eigenvalue weighted by atomic mass is 19.3. The molecule has 0 radical (unpaired) electrons. The van der Waals surface area contributed by atoms with E-state index in [1.54, 1.807) is 30.7 Å². The third-order valence-corrected chi connectivity index (χ3v) is 5.51. The molecule has 3 heterocycles. The maximum atomic E-state index is 13.9. The van der Waals surface area contributed by atoms with E-state index >= 15 is 0 Å². The summed E-state index contributed by atoms with van der Waals surface area (Å²) in [5.74, 6) is -1.68. The fourth-order valence-electron chi connectivity index (χ4n) is 4.06. The number of imidazole rings is 1.